The lowest BCUT2D eigenvalue weighted by Gasteiger charge is -2.12. The third-order valence-electron chi connectivity index (χ3n) is 6.44. The van der Waals surface area contributed by atoms with E-state index in [4.69, 9.17) is 4.74 Å². The topological polar surface area (TPSA) is 103 Å². The number of nitrogens with zero attached hydrogens (tertiary/aromatic N) is 4. The van der Waals surface area contributed by atoms with Crippen LogP contribution in [-0.4, -0.2) is 30.0 Å². The average molecular weight is 516 g/mol. The van der Waals surface area contributed by atoms with Gasteiger partial charge in [-0.05, 0) is 44.2 Å². The van der Waals surface area contributed by atoms with E-state index in [9.17, 15) is 19.1 Å². The van der Waals surface area contributed by atoms with Gasteiger partial charge in [-0.25, -0.2) is 13.6 Å². The summed E-state index contributed by atoms with van der Waals surface area (Å²) in [5.74, 6) is -0.871. The van der Waals surface area contributed by atoms with Crippen LogP contribution in [0.4, 0.5) is 10.1 Å². The number of nitrogens with one attached hydrogen (secondary N) is 1. The Labute approximate surface area is 217 Å². The van der Waals surface area contributed by atoms with Crippen molar-refractivity contribution in [2.45, 2.75) is 26.4 Å². The predicted octanol–water partition coefficient (Wildman–Crippen LogP) is 4.30. The van der Waals surface area contributed by atoms with Gasteiger partial charge in [0.15, 0.2) is 17.3 Å². The molecule has 1 atom stereocenters. The van der Waals surface area contributed by atoms with E-state index in [1.165, 1.54) is 23.0 Å². The molecule has 5 aromatic rings. The van der Waals surface area contributed by atoms with Crippen LogP contribution in [-0.2, 0) is 18.3 Å². The van der Waals surface area contributed by atoms with Gasteiger partial charge >= 0.3 is 0 Å². The standard InChI is InChI=1S/C28H26FN5O4/c1-17-22(28(37)34(32(17)3)20-7-5-4-6-8-20)16-26(36)31-19-9-10-24(23(29)15-19)38-25-11-13-30-33-14-12-21(18(2)35)27(25)33/h4-15,18,35H,16H2,1-3H3,(H,31,36). The number of aliphatic hydroxyl groups is 1. The normalized spacial score (nSPS) is 12.0. The van der Waals surface area contributed by atoms with E-state index in [0.29, 0.717) is 33.8 Å². The molecule has 1 amide bonds. The minimum absolute atomic E-state index is 0.0570. The number of carbonyl (C=O) groups excluding carboxylic acids is 1. The Balaban J connectivity index is 1.34. The molecule has 0 bridgehead atoms. The Morgan fingerprint density at radius 2 is 1.89 bits per heavy atom. The number of halogens is 1. The number of amides is 1. The van der Waals surface area contributed by atoms with Crippen LogP contribution in [0.1, 0.15) is 29.8 Å². The van der Waals surface area contributed by atoms with Gasteiger partial charge in [-0.2, -0.15) is 5.10 Å². The van der Waals surface area contributed by atoms with Crippen LogP contribution in [0.3, 0.4) is 0 Å². The second kappa shape index (κ2) is 9.98. The summed E-state index contributed by atoms with van der Waals surface area (Å²) < 4.78 is 25.5. The van der Waals surface area contributed by atoms with Gasteiger partial charge in [0, 0.05) is 47.9 Å². The van der Waals surface area contributed by atoms with Gasteiger partial charge < -0.3 is 15.2 Å². The zero-order chi connectivity index (χ0) is 27.0. The molecule has 0 fully saturated rings. The van der Waals surface area contributed by atoms with Crippen molar-refractivity contribution >= 4 is 17.1 Å². The molecule has 1 unspecified atom stereocenters. The van der Waals surface area contributed by atoms with Crippen molar-refractivity contribution in [3.63, 3.8) is 0 Å². The van der Waals surface area contributed by atoms with E-state index in [-0.39, 0.29) is 23.4 Å². The molecule has 10 heteroatoms. The molecule has 0 radical (unpaired) electrons. The Hall–Kier alpha value is -4.70. The maximum atomic E-state index is 15.0. The molecule has 0 aliphatic rings. The Morgan fingerprint density at radius 3 is 2.61 bits per heavy atom. The van der Waals surface area contributed by atoms with E-state index in [1.807, 2.05) is 30.3 Å². The fourth-order valence-corrected chi connectivity index (χ4v) is 4.43. The fraction of sp³-hybridized carbons (Fsp3) is 0.179. The van der Waals surface area contributed by atoms with E-state index < -0.39 is 17.8 Å². The monoisotopic (exact) mass is 515 g/mol. The first-order valence-corrected chi connectivity index (χ1v) is 12.0. The number of hydrogen-bond acceptors (Lipinski definition) is 5. The summed E-state index contributed by atoms with van der Waals surface area (Å²) in [5.41, 5.74) is 2.78. The number of benzene rings is 2. The molecule has 0 spiro atoms. The molecule has 2 aromatic carbocycles. The molecular formula is C28H26FN5O4. The van der Waals surface area contributed by atoms with E-state index in [2.05, 4.69) is 10.4 Å². The molecule has 0 saturated heterocycles. The first-order valence-electron chi connectivity index (χ1n) is 12.0. The van der Waals surface area contributed by atoms with Crippen LogP contribution in [0.2, 0.25) is 0 Å². The van der Waals surface area contributed by atoms with E-state index in [0.717, 1.165) is 6.07 Å². The predicted molar refractivity (Wildman–Crippen MR) is 140 cm³/mol. The van der Waals surface area contributed by atoms with Crippen molar-refractivity contribution in [1.29, 1.82) is 0 Å². The van der Waals surface area contributed by atoms with Gasteiger partial charge in [0.2, 0.25) is 5.91 Å². The Bertz CT molecular complexity index is 1700. The van der Waals surface area contributed by atoms with Gasteiger partial charge in [0.1, 0.15) is 5.52 Å². The number of fused-ring (bicyclic) bond motifs is 1. The highest BCUT2D eigenvalue weighted by atomic mass is 19.1. The largest absolute Gasteiger partial charge is 0.452 e. The highest BCUT2D eigenvalue weighted by Crippen LogP contribution is 2.33. The Kier molecular flexibility index (Phi) is 6.56. The fourth-order valence-electron chi connectivity index (χ4n) is 4.43. The second-order valence-corrected chi connectivity index (χ2v) is 8.95. The maximum absolute atomic E-state index is 15.0. The van der Waals surface area contributed by atoms with Gasteiger partial charge in [0.05, 0.1) is 24.4 Å². The van der Waals surface area contributed by atoms with Crippen molar-refractivity contribution in [3.8, 4) is 17.2 Å². The molecule has 3 heterocycles. The number of para-hydroxylation sites is 1. The SMILES string of the molecule is Cc1c(CC(=O)Nc2ccc(Oc3ccnn4ccc(C(C)O)c34)c(F)c2)c(=O)n(-c2ccccc2)n1C. The number of ether oxygens (including phenoxy) is 1. The second-order valence-electron chi connectivity index (χ2n) is 8.95. The van der Waals surface area contributed by atoms with Crippen LogP contribution in [0, 0.1) is 12.7 Å². The van der Waals surface area contributed by atoms with Crippen LogP contribution in [0.5, 0.6) is 11.5 Å². The van der Waals surface area contributed by atoms with Gasteiger partial charge in [-0.3, -0.25) is 14.3 Å². The minimum Gasteiger partial charge on any atom is -0.452 e. The minimum atomic E-state index is -0.765. The molecular weight excluding hydrogens is 489 g/mol. The number of aromatic nitrogens is 4. The average Bonchev–Trinajstić information content (AvgIpc) is 3.42. The number of hydrogen-bond donors (Lipinski definition) is 2. The lowest BCUT2D eigenvalue weighted by atomic mass is 10.1. The number of aliphatic hydroxyl groups excluding tert-OH is 1. The van der Waals surface area contributed by atoms with Gasteiger partial charge in [0.25, 0.3) is 5.56 Å². The molecule has 0 aliphatic carbocycles. The summed E-state index contributed by atoms with van der Waals surface area (Å²) >= 11 is 0. The van der Waals surface area contributed by atoms with Crippen LogP contribution in [0.25, 0.3) is 11.2 Å². The third kappa shape index (κ3) is 4.57. The molecule has 0 aliphatic heterocycles. The smallest absolute Gasteiger partial charge is 0.275 e. The summed E-state index contributed by atoms with van der Waals surface area (Å²) in [6.45, 7) is 3.40. The molecule has 38 heavy (non-hydrogen) atoms. The first-order chi connectivity index (χ1) is 18.2. The third-order valence-corrected chi connectivity index (χ3v) is 6.44. The lowest BCUT2D eigenvalue weighted by Crippen LogP contribution is -2.23. The van der Waals surface area contributed by atoms with E-state index >= 15 is 0 Å². The molecule has 0 saturated carbocycles. The van der Waals surface area contributed by atoms with Crippen molar-refractivity contribution in [3.05, 3.63) is 106 Å². The van der Waals surface area contributed by atoms with Crippen molar-refractivity contribution in [2.75, 3.05) is 5.32 Å². The maximum Gasteiger partial charge on any atom is 0.275 e. The van der Waals surface area contributed by atoms with E-state index in [1.54, 1.807) is 48.4 Å². The number of rotatable bonds is 7. The highest BCUT2D eigenvalue weighted by Gasteiger charge is 2.20. The summed E-state index contributed by atoms with van der Waals surface area (Å²) in [4.78, 5) is 25.9. The summed E-state index contributed by atoms with van der Waals surface area (Å²) in [6.07, 6.45) is 2.27. The zero-order valence-electron chi connectivity index (χ0n) is 21.1. The first kappa shape index (κ1) is 25.0. The van der Waals surface area contributed by atoms with Crippen LogP contribution in [0.15, 0.2) is 77.9 Å². The van der Waals surface area contributed by atoms with Crippen LogP contribution >= 0.6 is 0 Å². The number of anilines is 1. The van der Waals surface area contributed by atoms with Crippen molar-refractivity contribution in [2.24, 2.45) is 7.05 Å². The quantitative estimate of drug-likeness (QED) is 0.337. The van der Waals surface area contributed by atoms with Gasteiger partial charge in [-0.1, -0.05) is 18.2 Å². The van der Waals surface area contributed by atoms with Crippen LogP contribution < -0.4 is 15.6 Å². The molecule has 9 nitrogen and oxygen atoms in total. The lowest BCUT2D eigenvalue weighted by molar-refractivity contribution is -0.115. The highest BCUT2D eigenvalue weighted by molar-refractivity contribution is 5.92. The molecule has 2 N–H and O–H groups in total. The summed E-state index contributed by atoms with van der Waals surface area (Å²) in [7, 11) is 1.76. The summed E-state index contributed by atoms with van der Waals surface area (Å²) in [6, 6.07) is 16.5. The number of carbonyl (C=O) groups is 1. The molecule has 194 valence electrons. The summed E-state index contributed by atoms with van der Waals surface area (Å²) in [5, 5.41) is 16.9. The molecule has 5 rings (SSSR count). The van der Waals surface area contributed by atoms with Crippen molar-refractivity contribution in [1.82, 2.24) is 19.0 Å². The van der Waals surface area contributed by atoms with Crippen molar-refractivity contribution < 1.29 is 19.0 Å². The van der Waals surface area contributed by atoms with Gasteiger partial charge in [-0.15, -0.1) is 0 Å². The Morgan fingerprint density at radius 1 is 1.13 bits per heavy atom. The molecule has 3 aromatic heterocycles. The zero-order valence-corrected chi connectivity index (χ0v) is 21.1.